The molecule has 0 saturated heterocycles. The van der Waals surface area contributed by atoms with E-state index in [1.165, 1.54) is 0 Å². The molecule has 0 bridgehead atoms. The van der Waals surface area contributed by atoms with Crippen molar-refractivity contribution in [1.82, 2.24) is 14.7 Å². The van der Waals surface area contributed by atoms with Gasteiger partial charge in [0.2, 0.25) is 0 Å². The number of rotatable bonds is 4. The Morgan fingerprint density at radius 3 is 2.60 bits per heavy atom. The van der Waals surface area contributed by atoms with Crippen LogP contribution in [0.1, 0.15) is 36.3 Å². The van der Waals surface area contributed by atoms with Gasteiger partial charge in [-0.3, -0.25) is 4.79 Å². The molecule has 4 nitrogen and oxygen atoms in total. The van der Waals surface area contributed by atoms with Crippen LogP contribution in [0.25, 0.3) is 5.69 Å². The molecule has 1 aromatic carbocycles. The molecule has 1 heterocycles. The number of hydrogen-bond acceptors (Lipinski definition) is 2. The number of aromatic nitrogens is 2. The van der Waals surface area contributed by atoms with Crippen LogP contribution in [0.15, 0.2) is 36.5 Å². The maximum absolute atomic E-state index is 12.5. The van der Waals surface area contributed by atoms with Crippen molar-refractivity contribution in [3.05, 3.63) is 47.8 Å². The Labute approximate surface area is 120 Å². The molecule has 106 valence electrons. The van der Waals surface area contributed by atoms with Crippen LogP contribution in [0.4, 0.5) is 0 Å². The van der Waals surface area contributed by atoms with Gasteiger partial charge in [0.15, 0.2) is 0 Å². The molecule has 0 saturated carbocycles. The number of nitrogens with zero attached hydrogens (tertiary/aromatic N) is 3. The highest BCUT2D eigenvalue weighted by molar-refractivity contribution is 5.95. The van der Waals surface area contributed by atoms with E-state index in [2.05, 4.69) is 18.9 Å². The van der Waals surface area contributed by atoms with Gasteiger partial charge in [-0.05, 0) is 32.4 Å². The number of amides is 1. The van der Waals surface area contributed by atoms with Gasteiger partial charge in [0.25, 0.3) is 5.91 Å². The van der Waals surface area contributed by atoms with E-state index in [0.717, 1.165) is 17.8 Å². The molecule has 1 atom stereocenters. The third kappa shape index (κ3) is 2.59. The predicted molar refractivity (Wildman–Crippen MR) is 80.1 cm³/mol. The Balaban J connectivity index is 2.32. The average Bonchev–Trinajstić information content (AvgIpc) is 2.87. The fraction of sp³-hybridized carbons (Fsp3) is 0.375. The highest BCUT2D eigenvalue weighted by Gasteiger charge is 2.21. The van der Waals surface area contributed by atoms with E-state index in [1.807, 2.05) is 44.3 Å². The zero-order valence-electron chi connectivity index (χ0n) is 12.5. The molecule has 1 amide bonds. The van der Waals surface area contributed by atoms with Gasteiger partial charge in [-0.1, -0.05) is 25.1 Å². The van der Waals surface area contributed by atoms with Gasteiger partial charge in [0, 0.05) is 13.1 Å². The molecule has 0 aliphatic carbocycles. The number of hydrogen-bond donors (Lipinski definition) is 0. The van der Waals surface area contributed by atoms with Crippen molar-refractivity contribution in [2.24, 2.45) is 0 Å². The maximum Gasteiger partial charge on any atom is 0.257 e. The lowest BCUT2D eigenvalue weighted by atomic mass is 10.1. The molecular weight excluding hydrogens is 250 g/mol. The summed E-state index contributed by atoms with van der Waals surface area (Å²) in [6, 6.07) is 10.1. The van der Waals surface area contributed by atoms with E-state index in [4.69, 9.17) is 0 Å². The van der Waals surface area contributed by atoms with E-state index in [1.54, 1.807) is 15.8 Å². The summed E-state index contributed by atoms with van der Waals surface area (Å²) in [5.41, 5.74) is 2.50. The first-order chi connectivity index (χ1) is 9.56. The lowest BCUT2D eigenvalue weighted by molar-refractivity contribution is 0.0740. The van der Waals surface area contributed by atoms with E-state index < -0.39 is 0 Å². The first kappa shape index (κ1) is 14.3. The lowest BCUT2D eigenvalue weighted by Crippen LogP contribution is -2.34. The molecular formula is C16H21N3O. The second-order valence-electron chi connectivity index (χ2n) is 5.06. The van der Waals surface area contributed by atoms with Crippen LogP contribution in [-0.4, -0.2) is 33.7 Å². The minimum atomic E-state index is 0.0269. The standard InChI is InChI=1S/C16H21N3O/c1-5-12(2)18(4)16(20)15-11-17-19(13(15)3)14-9-7-6-8-10-14/h6-12H,5H2,1-4H3. The Morgan fingerprint density at radius 2 is 2.00 bits per heavy atom. The van der Waals surface area contributed by atoms with Crippen molar-refractivity contribution in [2.45, 2.75) is 33.2 Å². The van der Waals surface area contributed by atoms with Crippen molar-refractivity contribution in [3.8, 4) is 5.69 Å². The molecule has 1 aromatic heterocycles. The summed E-state index contributed by atoms with van der Waals surface area (Å²) in [6.45, 7) is 6.06. The molecule has 0 spiro atoms. The third-order valence-electron chi connectivity index (χ3n) is 3.81. The van der Waals surface area contributed by atoms with Crippen molar-refractivity contribution >= 4 is 5.91 Å². The number of benzene rings is 1. The first-order valence-corrected chi connectivity index (χ1v) is 6.93. The molecule has 0 aliphatic heterocycles. The van der Waals surface area contributed by atoms with E-state index in [9.17, 15) is 4.79 Å². The second-order valence-corrected chi connectivity index (χ2v) is 5.06. The lowest BCUT2D eigenvalue weighted by Gasteiger charge is -2.23. The number of carbonyl (C=O) groups is 1. The summed E-state index contributed by atoms with van der Waals surface area (Å²) < 4.78 is 1.80. The molecule has 0 aliphatic rings. The summed E-state index contributed by atoms with van der Waals surface area (Å²) in [5, 5.41) is 4.34. The van der Waals surface area contributed by atoms with E-state index in [0.29, 0.717) is 5.56 Å². The van der Waals surface area contributed by atoms with Crippen molar-refractivity contribution in [1.29, 1.82) is 0 Å². The summed E-state index contributed by atoms with van der Waals surface area (Å²) >= 11 is 0. The van der Waals surface area contributed by atoms with Gasteiger partial charge in [0.05, 0.1) is 23.1 Å². The van der Waals surface area contributed by atoms with Gasteiger partial charge in [0.1, 0.15) is 0 Å². The van der Waals surface area contributed by atoms with Gasteiger partial charge < -0.3 is 4.90 Å². The molecule has 4 heteroatoms. The molecule has 0 radical (unpaired) electrons. The monoisotopic (exact) mass is 271 g/mol. The van der Waals surface area contributed by atoms with Crippen LogP contribution in [-0.2, 0) is 0 Å². The third-order valence-corrected chi connectivity index (χ3v) is 3.81. The quantitative estimate of drug-likeness (QED) is 0.857. The van der Waals surface area contributed by atoms with E-state index in [-0.39, 0.29) is 11.9 Å². The van der Waals surface area contributed by atoms with Crippen LogP contribution >= 0.6 is 0 Å². The Hall–Kier alpha value is -2.10. The normalized spacial score (nSPS) is 12.2. The Kier molecular flexibility index (Phi) is 4.23. The minimum absolute atomic E-state index is 0.0269. The smallest absolute Gasteiger partial charge is 0.257 e. The van der Waals surface area contributed by atoms with Crippen LogP contribution in [0.5, 0.6) is 0 Å². The SMILES string of the molecule is CCC(C)N(C)C(=O)c1cnn(-c2ccccc2)c1C. The van der Waals surface area contributed by atoms with Crippen LogP contribution in [0.3, 0.4) is 0 Å². The average molecular weight is 271 g/mol. The Bertz CT molecular complexity index is 589. The van der Waals surface area contributed by atoms with Crippen molar-refractivity contribution in [3.63, 3.8) is 0 Å². The molecule has 2 aromatic rings. The molecule has 1 unspecified atom stereocenters. The summed E-state index contributed by atoms with van der Waals surface area (Å²) in [7, 11) is 1.84. The van der Waals surface area contributed by atoms with Gasteiger partial charge in [-0.2, -0.15) is 5.10 Å². The highest BCUT2D eigenvalue weighted by atomic mass is 16.2. The fourth-order valence-electron chi connectivity index (χ4n) is 2.11. The van der Waals surface area contributed by atoms with Crippen molar-refractivity contribution < 1.29 is 4.79 Å². The largest absolute Gasteiger partial charge is 0.339 e. The molecule has 20 heavy (non-hydrogen) atoms. The molecule has 0 N–H and O–H groups in total. The van der Waals surface area contributed by atoms with E-state index >= 15 is 0 Å². The van der Waals surface area contributed by atoms with Crippen LogP contribution < -0.4 is 0 Å². The summed E-state index contributed by atoms with van der Waals surface area (Å²) in [6.07, 6.45) is 2.59. The van der Waals surface area contributed by atoms with Gasteiger partial charge >= 0.3 is 0 Å². The van der Waals surface area contributed by atoms with Gasteiger partial charge in [-0.15, -0.1) is 0 Å². The number of carbonyl (C=O) groups excluding carboxylic acids is 1. The Morgan fingerprint density at radius 1 is 1.35 bits per heavy atom. The summed E-state index contributed by atoms with van der Waals surface area (Å²) in [5.74, 6) is 0.0269. The zero-order valence-corrected chi connectivity index (χ0v) is 12.5. The molecule has 2 rings (SSSR count). The van der Waals surface area contributed by atoms with Crippen LogP contribution in [0.2, 0.25) is 0 Å². The van der Waals surface area contributed by atoms with Gasteiger partial charge in [-0.25, -0.2) is 4.68 Å². The highest BCUT2D eigenvalue weighted by Crippen LogP contribution is 2.16. The zero-order chi connectivity index (χ0) is 14.7. The fourth-order valence-corrected chi connectivity index (χ4v) is 2.11. The minimum Gasteiger partial charge on any atom is -0.339 e. The second kappa shape index (κ2) is 5.90. The molecule has 0 fully saturated rings. The van der Waals surface area contributed by atoms with Crippen LogP contribution in [0, 0.1) is 6.92 Å². The first-order valence-electron chi connectivity index (χ1n) is 6.93. The topological polar surface area (TPSA) is 38.1 Å². The number of para-hydroxylation sites is 1. The maximum atomic E-state index is 12.5. The predicted octanol–water partition coefficient (Wildman–Crippen LogP) is 3.05. The van der Waals surface area contributed by atoms with Crippen molar-refractivity contribution in [2.75, 3.05) is 7.05 Å². The summed E-state index contributed by atoms with van der Waals surface area (Å²) in [4.78, 5) is 14.3.